The molecule has 26 heavy (non-hydrogen) atoms. The van der Waals surface area contributed by atoms with Gasteiger partial charge < -0.3 is 23.8 Å². The van der Waals surface area contributed by atoms with Gasteiger partial charge in [-0.1, -0.05) is 12.1 Å². The average molecular weight is 408 g/mol. The van der Waals surface area contributed by atoms with E-state index >= 15 is 0 Å². The van der Waals surface area contributed by atoms with Crippen molar-refractivity contribution in [2.24, 2.45) is 0 Å². The van der Waals surface area contributed by atoms with E-state index in [9.17, 15) is 0 Å². The second-order valence-corrected chi connectivity index (χ2v) is 12.2. The molecule has 0 atom stereocenters. The van der Waals surface area contributed by atoms with Gasteiger partial charge in [-0.05, 0) is 74.5 Å². The molecule has 0 aromatic rings. The lowest BCUT2D eigenvalue weighted by Crippen LogP contribution is -2.39. The van der Waals surface area contributed by atoms with Crippen LogP contribution in [0.25, 0.3) is 0 Å². The minimum absolute atomic E-state index is 0.281. The quantitative estimate of drug-likeness (QED) is 0.198. The second kappa shape index (κ2) is 15.2. The van der Waals surface area contributed by atoms with Crippen LogP contribution in [0.15, 0.2) is 0 Å². The van der Waals surface area contributed by atoms with Gasteiger partial charge in [-0.3, -0.25) is 0 Å². The molecule has 0 amide bonds. The van der Waals surface area contributed by atoms with Crippen LogP contribution in [0.1, 0.15) is 54.4 Å². The Kier molecular flexibility index (Phi) is 15.3. The predicted molar refractivity (Wildman–Crippen MR) is 117 cm³/mol. The van der Waals surface area contributed by atoms with E-state index in [-0.39, 0.29) is 29.9 Å². The summed E-state index contributed by atoms with van der Waals surface area (Å²) < 4.78 is 23.3. The molecule has 5 nitrogen and oxygen atoms in total. The minimum Gasteiger partial charge on any atom is -0.355 e. The van der Waals surface area contributed by atoms with E-state index in [0.717, 1.165) is 39.5 Å². The van der Waals surface area contributed by atoms with Crippen LogP contribution in [0.3, 0.4) is 0 Å². The van der Waals surface area contributed by atoms with Crippen molar-refractivity contribution in [3.05, 3.63) is 0 Å². The molecule has 0 unspecified atom stereocenters. The van der Waals surface area contributed by atoms with Gasteiger partial charge in [-0.25, -0.2) is 0 Å². The van der Waals surface area contributed by atoms with E-state index in [1.807, 2.05) is 27.7 Å². The highest BCUT2D eigenvalue weighted by Crippen LogP contribution is 2.15. The number of rotatable bonds is 18. The summed E-state index contributed by atoms with van der Waals surface area (Å²) in [5.41, 5.74) is -0.562. The van der Waals surface area contributed by atoms with Gasteiger partial charge in [0.1, 0.15) is 10.8 Å². The maximum atomic E-state index is 5.83. The molecule has 0 fully saturated rings. The average Bonchev–Trinajstić information content (AvgIpc) is 2.57. The normalized spacial score (nSPS) is 13.8. The molecule has 0 radical (unpaired) electrons. The molecule has 0 saturated carbocycles. The fourth-order valence-corrected chi connectivity index (χ4v) is 6.99. The number of ether oxygens (including phenoxy) is 4. The Morgan fingerprint density at radius 3 is 1.23 bits per heavy atom. The number of hydrogen-bond acceptors (Lipinski definition) is 5. The van der Waals surface area contributed by atoms with Gasteiger partial charge in [0.2, 0.25) is 0 Å². The highest BCUT2D eigenvalue weighted by atomic mass is 28.2. The molecule has 0 aliphatic rings. The standard InChI is InChI=1S/C19H45NO4Si2/c1-8-21-18(5,22-9-2)25-16-12-14-20(7)15-13-17-26-19(6,23-10-3)24-11-4/h8-17,25-26H2,1-7H3. The van der Waals surface area contributed by atoms with Crippen molar-refractivity contribution in [3.8, 4) is 0 Å². The lowest BCUT2D eigenvalue weighted by Gasteiger charge is -2.30. The van der Waals surface area contributed by atoms with Crippen molar-refractivity contribution in [2.75, 3.05) is 46.6 Å². The van der Waals surface area contributed by atoms with Gasteiger partial charge in [0, 0.05) is 26.4 Å². The molecule has 0 aliphatic heterocycles. The molecular weight excluding hydrogens is 362 g/mol. The van der Waals surface area contributed by atoms with Crippen LogP contribution in [-0.4, -0.2) is 81.3 Å². The van der Waals surface area contributed by atoms with E-state index in [2.05, 4.69) is 25.8 Å². The SMILES string of the molecule is CCOC(C)(OCC)[SiH2]CCCN(C)CCC[SiH2]C(C)(OCC)OCC. The summed E-state index contributed by atoms with van der Waals surface area (Å²) in [5.74, 6) is 0. The Morgan fingerprint density at radius 1 is 0.654 bits per heavy atom. The molecule has 7 heteroatoms. The largest absolute Gasteiger partial charge is 0.355 e. The van der Waals surface area contributed by atoms with Crippen molar-refractivity contribution in [3.63, 3.8) is 0 Å². The summed E-state index contributed by atoms with van der Waals surface area (Å²) in [6, 6.07) is 2.53. The molecule has 0 N–H and O–H groups in total. The second-order valence-electron chi connectivity index (χ2n) is 7.22. The van der Waals surface area contributed by atoms with Crippen LogP contribution in [0.5, 0.6) is 0 Å². The Morgan fingerprint density at radius 2 is 0.962 bits per heavy atom. The molecule has 158 valence electrons. The number of nitrogens with zero attached hydrogens (tertiary/aromatic N) is 1. The first-order valence-electron chi connectivity index (χ1n) is 10.6. The monoisotopic (exact) mass is 407 g/mol. The smallest absolute Gasteiger partial charge is 0.142 e. The van der Waals surface area contributed by atoms with Gasteiger partial charge in [-0.2, -0.15) is 0 Å². The van der Waals surface area contributed by atoms with E-state index in [0.29, 0.717) is 0 Å². The molecule has 0 aromatic carbocycles. The summed E-state index contributed by atoms with van der Waals surface area (Å²) in [6.07, 6.45) is 2.48. The third-order valence-corrected chi connectivity index (χ3v) is 8.98. The molecule has 0 bridgehead atoms. The highest BCUT2D eigenvalue weighted by molar-refractivity contribution is 6.39. The maximum Gasteiger partial charge on any atom is 0.142 e. The first-order chi connectivity index (χ1) is 12.3. The van der Waals surface area contributed by atoms with Crippen LogP contribution in [0.2, 0.25) is 12.1 Å². The van der Waals surface area contributed by atoms with Gasteiger partial charge >= 0.3 is 0 Å². The molecule has 0 spiro atoms. The number of hydrogen-bond donors (Lipinski definition) is 0. The van der Waals surface area contributed by atoms with Crippen molar-refractivity contribution in [2.45, 2.75) is 77.3 Å². The minimum atomic E-state index is -0.388. The summed E-state index contributed by atoms with van der Waals surface area (Å²) in [4.78, 5) is 2.46. The molecule has 0 saturated heterocycles. The molecule has 0 aromatic heterocycles. The van der Waals surface area contributed by atoms with Crippen molar-refractivity contribution >= 4 is 19.0 Å². The van der Waals surface area contributed by atoms with Crippen molar-refractivity contribution in [1.82, 2.24) is 4.90 Å². The first kappa shape index (κ1) is 26.2. The zero-order valence-corrected chi connectivity index (χ0v) is 21.4. The molecular formula is C19H45NO4Si2. The Hall–Kier alpha value is 0.234. The van der Waals surface area contributed by atoms with Crippen LogP contribution in [0, 0.1) is 0 Å². The zero-order valence-electron chi connectivity index (χ0n) is 18.6. The molecule has 0 rings (SSSR count). The Labute approximate surface area is 167 Å². The fourth-order valence-electron chi connectivity index (χ4n) is 3.36. The first-order valence-corrected chi connectivity index (χ1v) is 14.0. The van der Waals surface area contributed by atoms with E-state index in [1.165, 1.54) is 24.9 Å². The summed E-state index contributed by atoms with van der Waals surface area (Å²) in [6.45, 7) is 17.7. The third-order valence-electron chi connectivity index (χ3n) is 4.64. The van der Waals surface area contributed by atoms with Crippen molar-refractivity contribution in [1.29, 1.82) is 0 Å². The molecule has 0 aliphatic carbocycles. The fraction of sp³-hybridized carbons (Fsp3) is 1.00. The van der Waals surface area contributed by atoms with Crippen LogP contribution in [0.4, 0.5) is 0 Å². The lowest BCUT2D eigenvalue weighted by atomic mass is 10.4. The maximum absolute atomic E-state index is 5.83. The van der Waals surface area contributed by atoms with E-state index in [4.69, 9.17) is 18.9 Å². The Balaban J connectivity index is 3.90. The van der Waals surface area contributed by atoms with Crippen LogP contribution < -0.4 is 0 Å². The van der Waals surface area contributed by atoms with Crippen LogP contribution in [-0.2, 0) is 18.9 Å². The van der Waals surface area contributed by atoms with Gasteiger partial charge in [0.25, 0.3) is 0 Å². The van der Waals surface area contributed by atoms with Crippen LogP contribution >= 0.6 is 0 Å². The topological polar surface area (TPSA) is 40.2 Å². The Bertz CT molecular complexity index is 293. The summed E-state index contributed by atoms with van der Waals surface area (Å²) >= 11 is 0. The highest BCUT2D eigenvalue weighted by Gasteiger charge is 2.25. The van der Waals surface area contributed by atoms with E-state index in [1.54, 1.807) is 0 Å². The lowest BCUT2D eigenvalue weighted by molar-refractivity contribution is -0.163. The summed E-state index contributed by atoms with van der Waals surface area (Å²) in [5, 5.41) is 0. The van der Waals surface area contributed by atoms with Gasteiger partial charge in [-0.15, -0.1) is 0 Å². The zero-order chi connectivity index (χ0) is 19.9. The van der Waals surface area contributed by atoms with E-state index < -0.39 is 0 Å². The van der Waals surface area contributed by atoms with Gasteiger partial charge in [0.15, 0.2) is 0 Å². The third kappa shape index (κ3) is 12.6. The van der Waals surface area contributed by atoms with Crippen molar-refractivity contribution < 1.29 is 18.9 Å². The predicted octanol–water partition coefficient (Wildman–Crippen LogP) is 2.37. The van der Waals surface area contributed by atoms with Gasteiger partial charge in [0.05, 0.1) is 19.0 Å². The summed E-state index contributed by atoms with van der Waals surface area (Å²) in [7, 11) is 1.46. The molecule has 0 heterocycles.